The van der Waals surface area contributed by atoms with E-state index in [4.69, 9.17) is 16.3 Å². The Hall–Kier alpha value is -1.82. The quantitative estimate of drug-likeness (QED) is 0.504. The highest BCUT2D eigenvalue weighted by atomic mass is 35.5. The molecule has 2 atom stereocenters. The van der Waals surface area contributed by atoms with E-state index in [1.807, 2.05) is 53.4 Å². The first kappa shape index (κ1) is 15.7. The number of hydrogen-bond acceptors (Lipinski definition) is 4. The molecule has 1 aliphatic rings. The third-order valence-electron chi connectivity index (χ3n) is 4.29. The zero-order valence-corrected chi connectivity index (χ0v) is 14.7. The third-order valence-corrected chi connectivity index (χ3v) is 5.32. The Morgan fingerprint density at radius 1 is 1.17 bits per heavy atom. The van der Waals surface area contributed by atoms with Crippen molar-refractivity contribution in [1.82, 2.24) is 14.8 Å². The normalized spacial score (nSPS) is 22.5. The summed E-state index contributed by atoms with van der Waals surface area (Å²) in [6, 6.07) is 18.1. The summed E-state index contributed by atoms with van der Waals surface area (Å²) in [5.74, 6) is 0. The number of hydrogen-bond donors (Lipinski definition) is 0. The first-order valence-corrected chi connectivity index (χ1v) is 9.24. The number of ether oxygens (including phenoxy) is 1. The van der Waals surface area contributed by atoms with Gasteiger partial charge in [0.05, 0.1) is 6.54 Å². The Bertz CT molecular complexity index is 854. The second-order valence-electron chi connectivity index (χ2n) is 5.68. The van der Waals surface area contributed by atoms with Crippen molar-refractivity contribution < 1.29 is 4.74 Å². The Balaban J connectivity index is 1.75. The predicted octanol–water partition coefficient (Wildman–Crippen LogP) is 4.32. The molecule has 0 spiro atoms. The van der Waals surface area contributed by atoms with Gasteiger partial charge < -0.3 is 4.74 Å². The van der Waals surface area contributed by atoms with Gasteiger partial charge in [-0.25, -0.2) is 9.67 Å². The molecule has 2 aromatic carbocycles. The molecule has 1 aliphatic heterocycles. The van der Waals surface area contributed by atoms with Crippen molar-refractivity contribution in [2.45, 2.75) is 23.4 Å². The first-order chi connectivity index (χ1) is 11.7. The molecule has 0 saturated carbocycles. The second-order valence-corrected chi connectivity index (χ2v) is 6.86. The Morgan fingerprint density at radius 3 is 2.67 bits per heavy atom. The van der Waals surface area contributed by atoms with Gasteiger partial charge in [0.1, 0.15) is 18.0 Å². The van der Waals surface area contributed by atoms with Crippen molar-refractivity contribution in [2.24, 2.45) is 0 Å². The standard InChI is InChI=1S/C18H16ClN3OS/c1-24-17-20-12-21-22(17)11-18(13-7-3-2-4-8-13)16(23-18)14-9-5-6-10-15(14)19/h2-10,12,16H,11H2,1H3/t16-,18-/m1/s1. The molecule has 0 unspecified atom stereocenters. The molecule has 3 aromatic rings. The monoisotopic (exact) mass is 357 g/mol. The number of epoxide rings is 1. The van der Waals surface area contributed by atoms with E-state index in [0.29, 0.717) is 6.54 Å². The van der Waals surface area contributed by atoms with Crippen LogP contribution in [-0.2, 0) is 16.9 Å². The summed E-state index contributed by atoms with van der Waals surface area (Å²) >= 11 is 7.97. The Morgan fingerprint density at radius 2 is 1.92 bits per heavy atom. The number of nitrogens with zero attached hydrogens (tertiary/aromatic N) is 3. The minimum absolute atomic E-state index is 0.0903. The fourth-order valence-corrected chi connectivity index (χ4v) is 3.78. The maximum Gasteiger partial charge on any atom is 0.185 e. The zero-order chi connectivity index (χ0) is 16.6. The van der Waals surface area contributed by atoms with Crippen LogP contribution >= 0.6 is 23.4 Å². The lowest BCUT2D eigenvalue weighted by Crippen LogP contribution is -2.20. The average Bonchev–Trinajstić information content (AvgIpc) is 3.16. The lowest BCUT2D eigenvalue weighted by Gasteiger charge is -2.15. The number of rotatable bonds is 5. The summed E-state index contributed by atoms with van der Waals surface area (Å²) < 4.78 is 8.15. The SMILES string of the molecule is CSc1ncnn1C[C@]1(c2ccccc2)O[C@@H]1c1ccccc1Cl. The van der Waals surface area contributed by atoms with Crippen LogP contribution in [0.15, 0.2) is 66.1 Å². The topological polar surface area (TPSA) is 43.2 Å². The van der Waals surface area contributed by atoms with Crippen LogP contribution in [0.1, 0.15) is 17.2 Å². The maximum atomic E-state index is 6.40. The molecule has 24 heavy (non-hydrogen) atoms. The molecular weight excluding hydrogens is 342 g/mol. The van der Waals surface area contributed by atoms with E-state index in [-0.39, 0.29) is 6.10 Å². The largest absolute Gasteiger partial charge is 0.354 e. The van der Waals surface area contributed by atoms with Crippen molar-refractivity contribution in [3.63, 3.8) is 0 Å². The van der Waals surface area contributed by atoms with Crippen molar-refractivity contribution in [1.29, 1.82) is 0 Å². The van der Waals surface area contributed by atoms with Crippen LogP contribution in [-0.4, -0.2) is 21.0 Å². The summed E-state index contributed by atoms with van der Waals surface area (Å²) in [5, 5.41) is 5.96. The minimum atomic E-state index is -0.468. The van der Waals surface area contributed by atoms with Crippen LogP contribution in [0.3, 0.4) is 0 Å². The molecule has 0 bridgehead atoms. The van der Waals surface area contributed by atoms with Gasteiger partial charge in [0.15, 0.2) is 5.16 Å². The van der Waals surface area contributed by atoms with Crippen LogP contribution in [0, 0.1) is 0 Å². The number of benzene rings is 2. The summed E-state index contributed by atoms with van der Waals surface area (Å²) in [6.45, 7) is 0.600. The van der Waals surface area contributed by atoms with E-state index in [1.165, 1.54) is 0 Å². The van der Waals surface area contributed by atoms with Gasteiger partial charge in [0.2, 0.25) is 0 Å². The zero-order valence-electron chi connectivity index (χ0n) is 13.1. The fraction of sp³-hybridized carbons (Fsp3) is 0.222. The molecule has 1 fully saturated rings. The first-order valence-electron chi connectivity index (χ1n) is 7.64. The van der Waals surface area contributed by atoms with Gasteiger partial charge in [-0.3, -0.25) is 0 Å². The van der Waals surface area contributed by atoms with E-state index in [1.54, 1.807) is 18.1 Å². The van der Waals surface area contributed by atoms with Crippen molar-refractivity contribution in [3.8, 4) is 0 Å². The minimum Gasteiger partial charge on any atom is -0.354 e. The smallest absolute Gasteiger partial charge is 0.185 e. The lowest BCUT2D eigenvalue weighted by molar-refractivity contribution is 0.256. The molecule has 0 amide bonds. The van der Waals surface area contributed by atoms with Gasteiger partial charge in [0, 0.05) is 10.6 Å². The molecular formula is C18H16ClN3OS. The molecule has 1 saturated heterocycles. The van der Waals surface area contributed by atoms with Gasteiger partial charge in [-0.05, 0) is 17.9 Å². The van der Waals surface area contributed by atoms with Crippen molar-refractivity contribution in [2.75, 3.05) is 6.26 Å². The predicted molar refractivity (Wildman–Crippen MR) is 95.2 cm³/mol. The van der Waals surface area contributed by atoms with Crippen LogP contribution in [0.4, 0.5) is 0 Å². The number of halogens is 1. The Kier molecular flexibility index (Phi) is 4.08. The molecule has 4 rings (SSSR count). The highest BCUT2D eigenvalue weighted by Crippen LogP contribution is 2.59. The highest BCUT2D eigenvalue weighted by Gasteiger charge is 2.59. The van der Waals surface area contributed by atoms with Crippen molar-refractivity contribution in [3.05, 3.63) is 77.1 Å². The van der Waals surface area contributed by atoms with Crippen LogP contribution < -0.4 is 0 Å². The number of thioether (sulfide) groups is 1. The van der Waals surface area contributed by atoms with Crippen LogP contribution in [0.2, 0.25) is 5.02 Å². The summed E-state index contributed by atoms with van der Waals surface area (Å²) in [5.41, 5.74) is 1.66. The molecule has 0 radical (unpaired) electrons. The van der Waals surface area contributed by atoms with E-state index in [2.05, 4.69) is 22.2 Å². The summed E-state index contributed by atoms with van der Waals surface area (Å²) in [4.78, 5) is 4.29. The molecule has 0 N–H and O–H groups in total. The lowest BCUT2D eigenvalue weighted by atomic mass is 9.91. The maximum absolute atomic E-state index is 6.40. The van der Waals surface area contributed by atoms with Crippen LogP contribution in [0.5, 0.6) is 0 Å². The average molecular weight is 358 g/mol. The second kappa shape index (κ2) is 6.24. The van der Waals surface area contributed by atoms with E-state index >= 15 is 0 Å². The summed E-state index contributed by atoms with van der Waals surface area (Å²) in [7, 11) is 0. The molecule has 0 aliphatic carbocycles. The van der Waals surface area contributed by atoms with Crippen LogP contribution in [0.25, 0.3) is 0 Å². The molecule has 6 heteroatoms. The van der Waals surface area contributed by atoms with Gasteiger partial charge in [-0.2, -0.15) is 5.10 Å². The van der Waals surface area contributed by atoms with E-state index < -0.39 is 5.60 Å². The van der Waals surface area contributed by atoms with E-state index in [0.717, 1.165) is 21.3 Å². The highest BCUT2D eigenvalue weighted by molar-refractivity contribution is 7.98. The summed E-state index contributed by atoms with van der Waals surface area (Å²) in [6.07, 6.45) is 3.49. The number of aromatic nitrogens is 3. The van der Waals surface area contributed by atoms with E-state index in [9.17, 15) is 0 Å². The van der Waals surface area contributed by atoms with Gasteiger partial charge in [-0.15, -0.1) is 0 Å². The fourth-order valence-electron chi connectivity index (χ4n) is 3.07. The molecule has 4 nitrogen and oxygen atoms in total. The van der Waals surface area contributed by atoms with Crippen molar-refractivity contribution >= 4 is 23.4 Å². The molecule has 1 aromatic heterocycles. The van der Waals surface area contributed by atoms with Gasteiger partial charge in [0.25, 0.3) is 0 Å². The van der Waals surface area contributed by atoms with Gasteiger partial charge >= 0.3 is 0 Å². The Labute approximate surface area is 149 Å². The molecule has 2 heterocycles. The third kappa shape index (κ3) is 2.62. The van der Waals surface area contributed by atoms with Gasteiger partial charge in [-0.1, -0.05) is 71.9 Å². The molecule has 122 valence electrons.